The van der Waals surface area contributed by atoms with Crippen molar-refractivity contribution in [3.63, 3.8) is 0 Å². The lowest BCUT2D eigenvalue weighted by molar-refractivity contribution is -0.134. The minimum Gasteiger partial charge on any atom is -0.457 e. The molecule has 3 N–H and O–H groups in total. The number of piperidine rings is 1. The molecular weight excluding hydrogens is 552 g/mol. The molecular formula is C31H32N6O4S. The molecule has 4 aromatic rings. The number of hydrogen-bond donors (Lipinski definition) is 3. The number of aryl methyl sites for hydroxylation is 1. The van der Waals surface area contributed by atoms with Gasteiger partial charge in [0.1, 0.15) is 21.2 Å². The Kier molecular flexibility index (Phi) is 7.53. The van der Waals surface area contributed by atoms with Gasteiger partial charge in [0.05, 0.1) is 28.5 Å². The fraction of sp³-hybridized carbons (Fsp3) is 0.290. The largest absolute Gasteiger partial charge is 0.457 e. The zero-order valence-corrected chi connectivity index (χ0v) is 24.5. The Morgan fingerprint density at radius 3 is 2.69 bits per heavy atom. The maximum atomic E-state index is 13.6. The number of amides is 4. The monoisotopic (exact) mass is 584 g/mol. The molecule has 4 heterocycles. The molecule has 2 aliphatic heterocycles. The summed E-state index contributed by atoms with van der Waals surface area (Å²) < 4.78 is 5.97. The van der Waals surface area contributed by atoms with E-state index in [9.17, 15) is 14.4 Å². The van der Waals surface area contributed by atoms with Crippen molar-refractivity contribution < 1.29 is 19.1 Å². The summed E-state index contributed by atoms with van der Waals surface area (Å²) in [5.41, 5.74) is 2.67. The number of carbonyl (C=O) groups excluding carboxylic acids is 3. The third-order valence-corrected chi connectivity index (χ3v) is 8.81. The van der Waals surface area contributed by atoms with E-state index in [1.54, 1.807) is 29.1 Å². The van der Waals surface area contributed by atoms with Crippen LogP contribution in [0.2, 0.25) is 0 Å². The molecule has 2 aliphatic rings. The van der Waals surface area contributed by atoms with Crippen LogP contribution in [0.15, 0.2) is 60.8 Å². The number of ether oxygens (including phenoxy) is 1. The second kappa shape index (κ2) is 11.4. The molecule has 0 saturated carbocycles. The number of nitrogens with one attached hydrogen (secondary N) is 3. The van der Waals surface area contributed by atoms with Crippen molar-refractivity contribution in [3.8, 4) is 11.5 Å². The topological polar surface area (TPSA) is 116 Å². The quantitative estimate of drug-likeness (QED) is 0.268. The predicted molar refractivity (Wildman–Crippen MR) is 164 cm³/mol. The van der Waals surface area contributed by atoms with Gasteiger partial charge in [0.25, 0.3) is 5.91 Å². The van der Waals surface area contributed by atoms with Crippen LogP contribution in [0.3, 0.4) is 0 Å². The fourth-order valence-corrected chi connectivity index (χ4v) is 6.52. The molecule has 0 radical (unpaired) electrons. The fourth-order valence-electron chi connectivity index (χ4n) is 5.49. The molecule has 6 rings (SSSR count). The van der Waals surface area contributed by atoms with Crippen molar-refractivity contribution in [2.24, 2.45) is 0 Å². The number of anilines is 3. The highest BCUT2D eigenvalue weighted by Gasteiger charge is 2.34. The van der Waals surface area contributed by atoms with Crippen LogP contribution in [0.4, 0.5) is 21.9 Å². The highest BCUT2D eigenvalue weighted by atomic mass is 32.1. The minimum absolute atomic E-state index is 0.0181. The number of benzene rings is 2. The van der Waals surface area contributed by atoms with Crippen molar-refractivity contribution in [1.82, 2.24) is 20.5 Å². The summed E-state index contributed by atoms with van der Waals surface area (Å²) in [7, 11) is 1.76. The van der Waals surface area contributed by atoms with Crippen LogP contribution in [0.1, 0.15) is 35.0 Å². The molecule has 1 saturated heterocycles. The molecule has 11 heteroatoms. The van der Waals surface area contributed by atoms with Crippen LogP contribution >= 0.6 is 11.3 Å². The number of hydrogen-bond acceptors (Lipinski definition) is 7. The number of carbonyl (C=O) groups is 3. The Hall–Kier alpha value is -4.48. The molecule has 2 aromatic carbocycles. The molecule has 0 aliphatic carbocycles. The summed E-state index contributed by atoms with van der Waals surface area (Å²) >= 11 is 1.25. The van der Waals surface area contributed by atoms with Crippen molar-refractivity contribution >= 4 is 56.5 Å². The first-order valence-electron chi connectivity index (χ1n) is 14.0. The smallest absolute Gasteiger partial charge is 0.331 e. The van der Waals surface area contributed by atoms with E-state index < -0.39 is 0 Å². The van der Waals surface area contributed by atoms with E-state index in [1.807, 2.05) is 62.4 Å². The Morgan fingerprint density at radius 2 is 1.93 bits per heavy atom. The molecule has 216 valence electrons. The Morgan fingerprint density at radius 1 is 1.12 bits per heavy atom. The first-order chi connectivity index (χ1) is 20.3. The van der Waals surface area contributed by atoms with Gasteiger partial charge in [-0.25, -0.2) is 9.78 Å². The van der Waals surface area contributed by atoms with Crippen LogP contribution in [-0.2, 0) is 4.79 Å². The third-order valence-electron chi connectivity index (χ3n) is 7.71. The van der Waals surface area contributed by atoms with Crippen LogP contribution in [-0.4, -0.2) is 60.0 Å². The third kappa shape index (κ3) is 5.17. The summed E-state index contributed by atoms with van der Waals surface area (Å²) in [5, 5.41) is 9.77. The number of pyridine rings is 1. The number of nitrogens with zero attached hydrogens (tertiary/aromatic N) is 3. The SMILES string of the molecule is CNC(C)C(=O)N1CCCC(NC(=O)c2sc3nccc4c3c2NC(=O)N4c2ccc(Oc3ccccc3)cc2C)C1. The first kappa shape index (κ1) is 27.7. The van der Waals surface area contributed by atoms with E-state index in [-0.39, 0.29) is 29.9 Å². The van der Waals surface area contributed by atoms with Gasteiger partial charge in [-0.3, -0.25) is 14.5 Å². The van der Waals surface area contributed by atoms with Gasteiger partial charge >= 0.3 is 6.03 Å². The molecule has 42 heavy (non-hydrogen) atoms. The second-order valence-electron chi connectivity index (χ2n) is 10.6. The van der Waals surface area contributed by atoms with Gasteiger partial charge in [-0.1, -0.05) is 18.2 Å². The van der Waals surface area contributed by atoms with E-state index in [4.69, 9.17) is 4.74 Å². The number of para-hydroxylation sites is 1. The molecule has 2 unspecified atom stereocenters. The number of thiophene rings is 1. The highest BCUT2D eigenvalue weighted by Crippen LogP contribution is 2.46. The van der Waals surface area contributed by atoms with Crippen molar-refractivity contribution in [3.05, 3.63) is 71.2 Å². The van der Waals surface area contributed by atoms with Gasteiger partial charge in [-0.15, -0.1) is 11.3 Å². The van der Waals surface area contributed by atoms with Gasteiger partial charge in [0, 0.05) is 25.3 Å². The molecule has 2 atom stereocenters. The van der Waals surface area contributed by atoms with Crippen molar-refractivity contribution in [2.75, 3.05) is 30.4 Å². The molecule has 4 amide bonds. The van der Waals surface area contributed by atoms with Gasteiger partial charge in [0.15, 0.2) is 0 Å². The predicted octanol–water partition coefficient (Wildman–Crippen LogP) is 5.41. The average molecular weight is 585 g/mol. The maximum Gasteiger partial charge on any atom is 0.331 e. The minimum atomic E-state index is -0.363. The van der Waals surface area contributed by atoms with Crippen LogP contribution in [0, 0.1) is 6.92 Å². The van der Waals surface area contributed by atoms with Gasteiger partial charge < -0.3 is 25.6 Å². The van der Waals surface area contributed by atoms with Gasteiger partial charge in [0.2, 0.25) is 5.91 Å². The van der Waals surface area contributed by atoms with Crippen molar-refractivity contribution in [2.45, 2.75) is 38.8 Å². The molecule has 2 aromatic heterocycles. The lowest BCUT2D eigenvalue weighted by Crippen LogP contribution is -2.53. The summed E-state index contributed by atoms with van der Waals surface area (Å²) in [6.45, 7) is 4.88. The lowest BCUT2D eigenvalue weighted by atomic mass is 10.0. The van der Waals surface area contributed by atoms with Crippen LogP contribution in [0.5, 0.6) is 11.5 Å². The standard InChI is InChI=1S/C31H32N6O4S/c1-18-16-22(41-21-9-5-4-6-10-21)11-12-23(18)37-24-13-14-33-29-25(24)26(35-31(37)40)27(42-29)28(38)34-20-8-7-15-36(17-20)30(39)19(2)32-3/h4-6,9-14,16,19-20,32H,7-8,15,17H2,1-3H3,(H,34,38)(H,35,40). The number of likely N-dealkylation sites (N-methyl/N-ethyl adjacent to an activating group) is 1. The molecule has 1 fully saturated rings. The lowest BCUT2D eigenvalue weighted by Gasteiger charge is -2.34. The number of likely N-dealkylation sites (tertiary alicyclic amines) is 1. The van der Waals surface area contributed by atoms with Crippen molar-refractivity contribution in [1.29, 1.82) is 0 Å². The summed E-state index contributed by atoms with van der Waals surface area (Å²) in [6, 6.07) is 16.1. The highest BCUT2D eigenvalue weighted by molar-refractivity contribution is 7.21. The summed E-state index contributed by atoms with van der Waals surface area (Å²) in [4.78, 5) is 48.8. The van der Waals surface area contributed by atoms with Gasteiger partial charge in [-0.2, -0.15) is 0 Å². The van der Waals surface area contributed by atoms with E-state index >= 15 is 0 Å². The number of urea groups is 1. The second-order valence-corrected chi connectivity index (χ2v) is 11.6. The summed E-state index contributed by atoms with van der Waals surface area (Å²) in [6.07, 6.45) is 3.23. The zero-order valence-electron chi connectivity index (χ0n) is 23.6. The van der Waals surface area contributed by atoms with E-state index in [1.165, 1.54) is 11.3 Å². The Balaban J connectivity index is 1.26. The van der Waals surface area contributed by atoms with Crippen LogP contribution in [0.25, 0.3) is 10.2 Å². The normalized spacial score (nSPS) is 17.1. The van der Waals surface area contributed by atoms with E-state index in [2.05, 4.69) is 20.9 Å². The van der Waals surface area contributed by atoms with Gasteiger partial charge in [-0.05, 0) is 75.7 Å². The average Bonchev–Trinajstić information content (AvgIpc) is 3.37. The number of aromatic nitrogens is 1. The summed E-state index contributed by atoms with van der Waals surface area (Å²) in [5.74, 6) is 1.13. The molecule has 0 bridgehead atoms. The van der Waals surface area contributed by atoms with Crippen LogP contribution < -0.4 is 25.6 Å². The Bertz CT molecular complexity index is 1670. The first-order valence-corrected chi connectivity index (χ1v) is 14.8. The molecule has 0 spiro atoms. The zero-order chi connectivity index (χ0) is 29.4. The van der Waals surface area contributed by atoms with E-state index in [0.717, 1.165) is 29.5 Å². The maximum absolute atomic E-state index is 13.6. The Labute approximate surface area is 247 Å². The van der Waals surface area contributed by atoms with E-state index in [0.29, 0.717) is 45.6 Å². The molecule has 10 nitrogen and oxygen atoms in total. The number of rotatable bonds is 7.